The van der Waals surface area contributed by atoms with Crippen molar-refractivity contribution < 1.29 is 29.7 Å². The van der Waals surface area contributed by atoms with Gasteiger partial charge in [0.05, 0.1) is 6.61 Å². The van der Waals surface area contributed by atoms with Crippen LogP contribution in [0.4, 0.5) is 0 Å². The van der Waals surface area contributed by atoms with E-state index in [1.807, 2.05) is 0 Å². The lowest BCUT2D eigenvalue weighted by Crippen LogP contribution is -2.21. The van der Waals surface area contributed by atoms with Gasteiger partial charge >= 0.3 is 0 Å². The highest BCUT2D eigenvalue weighted by Crippen LogP contribution is 2.22. The third kappa shape index (κ3) is 5.52. The summed E-state index contributed by atoms with van der Waals surface area (Å²) in [6.45, 7) is 0.120. The lowest BCUT2D eigenvalue weighted by molar-refractivity contribution is -0.124. The molecular weight excluding hydrogens is 278 g/mol. The average molecular weight is 297 g/mol. The van der Waals surface area contributed by atoms with E-state index in [4.69, 9.17) is 19.8 Å². The Morgan fingerprint density at radius 2 is 2.05 bits per heavy atom. The van der Waals surface area contributed by atoms with E-state index in [0.29, 0.717) is 11.3 Å². The van der Waals surface area contributed by atoms with Crippen LogP contribution in [0.25, 0.3) is 0 Å². The Hall–Kier alpha value is -1.93. The number of aliphatic hydroxyl groups is 2. The van der Waals surface area contributed by atoms with Crippen LogP contribution in [0.1, 0.15) is 11.7 Å². The molecule has 0 aromatic heterocycles. The summed E-state index contributed by atoms with van der Waals surface area (Å²) in [5, 5.41) is 27.2. The Labute approximate surface area is 122 Å². The van der Waals surface area contributed by atoms with Crippen molar-refractivity contribution in [2.24, 2.45) is 0 Å². The molecule has 1 rings (SSSR count). The van der Waals surface area contributed by atoms with Crippen LogP contribution in [0.3, 0.4) is 0 Å². The zero-order valence-corrected chi connectivity index (χ0v) is 11.6. The zero-order valence-electron chi connectivity index (χ0n) is 11.6. The highest BCUT2D eigenvalue weighted by atomic mass is 16.5. The molecule has 0 heterocycles. The van der Waals surface area contributed by atoms with E-state index < -0.39 is 18.1 Å². The van der Waals surface area contributed by atoms with Gasteiger partial charge in [-0.05, 0) is 23.8 Å². The number of aliphatic hydroxyl groups excluding tert-OH is 2. The van der Waals surface area contributed by atoms with Crippen molar-refractivity contribution in [2.45, 2.75) is 12.2 Å². The second-order valence-electron chi connectivity index (χ2n) is 4.12. The number of rotatable bonds is 8. The Morgan fingerprint density at radius 3 is 2.57 bits per heavy atom. The summed E-state index contributed by atoms with van der Waals surface area (Å²) < 4.78 is 10.3. The first-order valence-electron chi connectivity index (χ1n) is 6.29. The van der Waals surface area contributed by atoms with E-state index in [-0.39, 0.29) is 13.2 Å². The monoisotopic (exact) mass is 297 g/mol. The van der Waals surface area contributed by atoms with Gasteiger partial charge in [0.2, 0.25) is 0 Å². The molecule has 1 amide bonds. The minimum atomic E-state index is -0.982. The van der Waals surface area contributed by atoms with Gasteiger partial charge < -0.3 is 19.7 Å². The highest BCUT2D eigenvalue weighted by Gasteiger charge is 2.18. The van der Waals surface area contributed by atoms with E-state index in [0.717, 1.165) is 6.08 Å². The van der Waals surface area contributed by atoms with Crippen LogP contribution in [0.15, 0.2) is 36.4 Å². The Kier molecular flexibility index (Phi) is 7.41. The van der Waals surface area contributed by atoms with Crippen LogP contribution in [0.5, 0.6) is 5.75 Å². The van der Waals surface area contributed by atoms with E-state index in [1.165, 1.54) is 18.7 Å². The molecule has 0 saturated carbocycles. The van der Waals surface area contributed by atoms with E-state index in [1.54, 1.807) is 24.3 Å². The molecule has 1 aromatic carbocycles. The van der Waals surface area contributed by atoms with E-state index >= 15 is 0 Å². The first-order valence-corrected chi connectivity index (χ1v) is 6.29. The van der Waals surface area contributed by atoms with Gasteiger partial charge in [-0.3, -0.25) is 10.0 Å². The number of methoxy groups -OCH3 is 1. The van der Waals surface area contributed by atoms with Gasteiger partial charge in [-0.2, -0.15) is 0 Å². The van der Waals surface area contributed by atoms with Gasteiger partial charge in [-0.15, -0.1) is 0 Å². The van der Waals surface area contributed by atoms with Gasteiger partial charge in [0.25, 0.3) is 5.91 Å². The summed E-state index contributed by atoms with van der Waals surface area (Å²) >= 11 is 0. The number of carbonyl (C=O) groups excluding carboxylic acids is 1. The van der Waals surface area contributed by atoms with Crippen LogP contribution in [0.2, 0.25) is 0 Å². The molecule has 0 aliphatic heterocycles. The average Bonchev–Trinajstić information content (AvgIpc) is 2.53. The maximum Gasteiger partial charge on any atom is 0.267 e. The highest BCUT2D eigenvalue weighted by molar-refractivity contribution is 5.86. The first-order chi connectivity index (χ1) is 10.1. The van der Waals surface area contributed by atoms with Crippen molar-refractivity contribution in [3.63, 3.8) is 0 Å². The summed E-state index contributed by atoms with van der Waals surface area (Å²) in [6, 6.07) is 6.63. The van der Waals surface area contributed by atoms with Crippen LogP contribution in [-0.4, -0.2) is 47.8 Å². The molecule has 0 saturated heterocycles. The Balaban J connectivity index is 2.73. The number of amides is 1. The molecule has 1 aromatic rings. The van der Waals surface area contributed by atoms with Gasteiger partial charge in [0.1, 0.15) is 24.6 Å². The fourth-order valence-electron chi connectivity index (χ4n) is 1.65. The zero-order chi connectivity index (χ0) is 15.7. The number of hydrogen-bond acceptors (Lipinski definition) is 6. The smallest absolute Gasteiger partial charge is 0.267 e. The van der Waals surface area contributed by atoms with Crippen molar-refractivity contribution in [2.75, 3.05) is 20.3 Å². The summed E-state index contributed by atoms with van der Waals surface area (Å²) in [5.41, 5.74) is 2.03. The number of ether oxygens (including phenoxy) is 2. The fourth-order valence-corrected chi connectivity index (χ4v) is 1.65. The molecule has 4 N–H and O–H groups in total. The molecule has 0 bridgehead atoms. The number of benzene rings is 1. The normalized spacial score (nSPS) is 13.9. The van der Waals surface area contributed by atoms with Crippen molar-refractivity contribution in [3.8, 4) is 5.75 Å². The molecule has 7 heteroatoms. The molecule has 21 heavy (non-hydrogen) atoms. The quantitative estimate of drug-likeness (QED) is 0.309. The van der Waals surface area contributed by atoms with Crippen LogP contribution in [0, 0.1) is 0 Å². The maximum absolute atomic E-state index is 10.9. The van der Waals surface area contributed by atoms with Crippen molar-refractivity contribution in [1.82, 2.24) is 5.48 Å². The van der Waals surface area contributed by atoms with Gasteiger partial charge in [0.15, 0.2) is 0 Å². The second kappa shape index (κ2) is 9.09. The summed E-state index contributed by atoms with van der Waals surface area (Å²) in [6.07, 6.45) is 0.679. The molecule has 0 spiro atoms. The van der Waals surface area contributed by atoms with Crippen molar-refractivity contribution >= 4 is 5.91 Å². The van der Waals surface area contributed by atoms with Crippen LogP contribution < -0.4 is 10.2 Å². The number of nitrogens with one attached hydrogen (secondary N) is 1. The lowest BCUT2D eigenvalue weighted by Gasteiger charge is -2.19. The second-order valence-corrected chi connectivity index (χ2v) is 4.12. The molecule has 0 radical (unpaired) electrons. The number of carbonyl (C=O) groups is 1. The molecule has 0 fully saturated rings. The molecule has 116 valence electrons. The molecule has 7 nitrogen and oxygen atoms in total. The maximum atomic E-state index is 10.9. The summed E-state index contributed by atoms with van der Waals surface area (Å²) in [4.78, 5) is 10.9. The number of hydroxylamine groups is 1. The van der Waals surface area contributed by atoms with Crippen LogP contribution in [-0.2, 0) is 9.53 Å². The van der Waals surface area contributed by atoms with E-state index in [2.05, 4.69) is 0 Å². The molecular formula is C14H19NO6. The minimum Gasteiger partial charge on any atom is -0.491 e. The first kappa shape index (κ1) is 17.1. The van der Waals surface area contributed by atoms with E-state index in [9.17, 15) is 9.90 Å². The third-order valence-electron chi connectivity index (χ3n) is 2.71. The number of hydrogen-bond donors (Lipinski definition) is 4. The fraction of sp³-hybridized carbons (Fsp3) is 0.357. The van der Waals surface area contributed by atoms with Crippen molar-refractivity contribution in [3.05, 3.63) is 42.0 Å². The Bertz CT molecular complexity index is 459. The van der Waals surface area contributed by atoms with Crippen molar-refractivity contribution in [1.29, 1.82) is 0 Å². The molecule has 0 unspecified atom stereocenters. The molecule has 2 atom stereocenters. The predicted octanol–water partition coefficient (Wildman–Crippen LogP) is 0.168. The molecule has 0 aliphatic carbocycles. The molecule has 0 aliphatic rings. The Morgan fingerprint density at radius 1 is 1.38 bits per heavy atom. The lowest BCUT2D eigenvalue weighted by atomic mass is 10.0. The minimum absolute atomic E-state index is 0.0756. The largest absolute Gasteiger partial charge is 0.491 e. The summed E-state index contributed by atoms with van der Waals surface area (Å²) in [5.74, 6) is -0.138. The van der Waals surface area contributed by atoms with Gasteiger partial charge in [-0.25, -0.2) is 5.48 Å². The van der Waals surface area contributed by atoms with Gasteiger partial charge in [0, 0.05) is 13.2 Å². The summed E-state index contributed by atoms with van der Waals surface area (Å²) in [7, 11) is 1.40. The standard InChI is InChI=1S/C14H19NO6/c1-20-12(6-7-13(17)15-19)14(18)10-2-4-11(5-3-10)21-9-8-16/h2-7,12,14,16,18-19H,8-9H2,1H3,(H,15,17)/b7-6+/t12-,14-/m0/s1. The van der Waals surface area contributed by atoms with Crippen LogP contribution >= 0.6 is 0 Å². The van der Waals surface area contributed by atoms with Gasteiger partial charge in [-0.1, -0.05) is 12.1 Å². The topological polar surface area (TPSA) is 108 Å². The predicted molar refractivity (Wildman–Crippen MR) is 73.8 cm³/mol. The third-order valence-corrected chi connectivity index (χ3v) is 2.71. The SMILES string of the molecule is CO[C@@H](/C=C/C(=O)NO)[C@@H](O)c1ccc(OCCO)cc1.